The normalized spacial score (nSPS) is 10.5. The van der Waals surface area contributed by atoms with Crippen molar-refractivity contribution in [1.29, 1.82) is 0 Å². The van der Waals surface area contributed by atoms with Gasteiger partial charge in [-0.2, -0.15) is 0 Å². The van der Waals surface area contributed by atoms with Crippen molar-refractivity contribution in [2.45, 2.75) is 0 Å². The van der Waals surface area contributed by atoms with Crippen molar-refractivity contribution in [2.75, 3.05) is 5.32 Å². The summed E-state index contributed by atoms with van der Waals surface area (Å²) in [6.45, 7) is 0. The van der Waals surface area contributed by atoms with Crippen LogP contribution in [0.15, 0.2) is 48.5 Å². The van der Waals surface area contributed by atoms with E-state index in [2.05, 4.69) is 15.5 Å². The molecular weight excluding hydrogens is 273 g/mol. The summed E-state index contributed by atoms with van der Waals surface area (Å²) in [5.74, 6) is -1.62. The topological polar surface area (TPSA) is 75.1 Å². The van der Waals surface area contributed by atoms with Crippen molar-refractivity contribution in [2.24, 2.45) is 0 Å². The number of fused-ring (bicyclic) bond motifs is 1. The summed E-state index contributed by atoms with van der Waals surface area (Å²) in [5.41, 5.74) is 1.08. The van der Waals surface area contributed by atoms with E-state index in [4.69, 9.17) is 0 Å². The molecule has 5 nitrogen and oxygen atoms in total. The molecule has 6 heteroatoms. The summed E-state index contributed by atoms with van der Waals surface area (Å²) >= 11 is 0. The number of anilines is 2. The molecular formula is C15H10FN3O2. The molecule has 0 bridgehead atoms. The van der Waals surface area contributed by atoms with Gasteiger partial charge in [0.2, 0.25) is 0 Å². The van der Waals surface area contributed by atoms with Crippen LogP contribution in [0.2, 0.25) is 0 Å². The summed E-state index contributed by atoms with van der Waals surface area (Å²) in [5, 5.41) is 20.4. The number of nitrogens with zero attached hydrogens (tertiary/aromatic N) is 2. The zero-order valence-corrected chi connectivity index (χ0v) is 10.7. The highest BCUT2D eigenvalue weighted by Gasteiger charge is 2.16. The van der Waals surface area contributed by atoms with Crippen molar-refractivity contribution >= 4 is 28.2 Å². The number of aromatic carboxylic acids is 1. The van der Waals surface area contributed by atoms with E-state index in [0.717, 1.165) is 0 Å². The zero-order valence-electron chi connectivity index (χ0n) is 10.7. The van der Waals surface area contributed by atoms with Gasteiger partial charge in [0.25, 0.3) is 0 Å². The number of carbonyl (C=O) groups is 1. The van der Waals surface area contributed by atoms with Crippen LogP contribution in [0.3, 0.4) is 0 Å². The van der Waals surface area contributed by atoms with Crippen LogP contribution in [-0.4, -0.2) is 21.3 Å². The number of carboxylic acid groups (broad SMARTS) is 1. The third-order valence-corrected chi connectivity index (χ3v) is 2.96. The molecule has 0 fully saturated rings. The van der Waals surface area contributed by atoms with Crippen LogP contribution in [0.4, 0.5) is 15.8 Å². The van der Waals surface area contributed by atoms with E-state index in [0.29, 0.717) is 22.3 Å². The van der Waals surface area contributed by atoms with Crippen LogP contribution < -0.4 is 5.32 Å². The monoisotopic (exact) mass is 283 g/mol. The highest BCUT2D eigenvalue weighted by atomic mass is 19.1. The van der Waals surface area contributed by atoms with Crippen LogP contribution in [-0.2, 0) is 0 Å². The molecule has 0 saturated carbocycles. The minimum atomic E-state index is -1.20. The van der Waals surface area contributed by atoms with Crippen molar-refractivity contribution in [1.82, 2.24) is 10.2 Å². The maximum absolute atomic E-state index is 13.3. The van der Waals surface area contributed by atoms with Crippen molar-refractivity contribution in [3.63, 3.8) is 0 Å². The van der Waals surface area contributed by atoms with E-state index >= 15 is 0 Å². The third-order valence-electron chi connectivity index (χ3n) is 2.96. The SMILES string of the molecule is O=C(O)c1nnc2ccccc2c1Nc1cccc(F)c1. The Labute approximate surface area is 119 Å². The second-order valence-corrected chi connectivity index (χ2v) is 4.38. The molecule has 2 aromatic carbocycles. The molecule has 0 saturated heterocycles. The molecule has 0 spiro atoms. The van der Waals surface area contributed by atoms with Gasteiger partial charge in [0.15, 0.2) is 5.69 Å². The lowest BCUT2D eigenvalue weighted by Gasteiger charge is -2.11. The Morgan fingerprint density at radius 2 is 1.90 bits per heavy atom. The van der Waals surface area contributed by atoms with E-state index in [1.54, 1.807) is 30.3 Å². The van der Waals surface area contributed by atoms with Crippen LogP contribution in [0.25, 0.3) is 10.9 Å². The van der Waals surface area contributed by atoms with Gasteiger partial charge in [-0.05, 0) is 24.3 Å². The molecule has 21 heavy (non-hydrogen) atoms. The van der Waals surface area contributed by atoms with Crippen LogP contribution in [0, 0.1) is 5.82 Å². The maximum atomic E-state index is 13.3. The molecule has 3 rings (SSSR count). The number of nitrogens with one attached hydrogen (secondary N) is 1. The van der Waals surface area contributed by atoms with Gasteiger partial charge in [0.05, 0.1) is 11.2 Å². The predicted octanol–water partition coefficient (Wildman–Crippen LogP) is 3.21. The minimum absolute atomic E-state index is 0.210. The summed E-state index contributed by atoms with van der Waals surface area (Å²) in [6.07, 6.45) is 0. The number of benzene rings is 2. The van der Waals surface area contributed by atoms with Gasteiger partial charge < -0.3 is 10.4 Å². The molecule has 0 aliphatic heterocycles. The number of hydrogen-bond acceptors (Lipinski definition) is 4. The fraction of sp³-hybridized carbons (Fsp3) is 0. The smallest absolute Gasteiger partial charge is 0.358 e. The van der Waals surface area contributed by atoms with E-state index in [-0.39, 0.29) is 5.69 Å². The summed E-state index contributed by atoms with van der Waals surface area (Å²) in [4.78, 5) is 11.3. The second kappa shape index (κ2) is 5.16. The Balaban J connectivity index is 2.18. The molecule has 0 atom stereocenters. The Kier molecular flexibility index (Phi) is 3.19. The molecule has 0 aliphatic rings. The van der Waals surface area contributed by atoms with Gasteiger partial charge in [-0.25, -0.2) is 9.18 Å². The lowest BCUT2D eigenvalue weighted by molar-refractivity contribution is 0.0690. The number of hydrogen-bond donors (Lipinski definition) is 2. The average molecular weight is 283 g/mol. The maximum Gasteiger partial charge on any atom is 0.358 e. The zero-order chi connectivity index (χ0) is 14.8. The molecule has 0 radical (unpaired) electrons. The fourth-order valence-corrected chi connectivity index (χ4v) is 2.04. The largest absolute Gasteiger partial charge is 0.476 e. The first-order chi connectivity index (χ1) is 10.1. The predicted molar refractivity (Wildman–Crippen MR) is 76.2 cm³/mol. The summed E-state index contributed by atoms with van der Waals surface area (Å²) in [6, 6.07) is 12.8. The third kappa shape index (κ3) is 2.51. The van der Waals surface area contributed by atoms with Gasteiger partial charge in [-0.15, -0.1) is 10.2 Å². The van der Waals surface area contributed by atoms with Crippen LogP contribution in [0.1, 0.15) is 10.5 Å². The number of carboxylic acids is 1. The first-order valence-corrected chi connectivity index (χ1v) is 6.16. The van der Waals surface area contributed by atoms with Gasteiger partial charge >= 0.3 is 5.97 Å². The molecule has 3 aromatic rings. The molecule has 0 amide bonds. The van der Waals surface area contributed by atoms with E-state index in [1.807, 2.05) is 0 Å². The lowest BCUT2D eigenvalue weighted by atomic mass is 10.1. The Morgan fingerprint density at radius 3 is 2.67 bits per heavy atom. The second-order valence-electron chi connectivity index (χ2n) is 4.38. The Hall–Kier alpha value is -3.02. The Bertz CT molecular complexity index is 836. The highest BCUT2D eigenvalue weighted by molar-refractivity contribution is 6.03. The number of aromatic nitrogens is 2. The van der Waals surface area contributed by atoms with Crippen molar-refractivity contribution < 1.29 is 14.3 Å². The summed E-state index contributed by atoms with van der Waals surface area (Å²) in [7, 11) is 0. The highest BCUT2D eigenvalue weighted by Crippen LogP contribution is 2.27. The Morgan fingerprint density at radius 1 is 1.10 bits per heavy atom. The van der Waals surface area contributed by atoms with Crippen LogP contribution in [0.5, 0.6) is 0 Å². The first kappa shape index (κ1) is 13.0. The lowest BCUT2D eigenvalue weighted by Crippen LogP contribution is -2.08. The molecule has 0 unspecified atom stereocenters. The van der Waals surface area contributed by atoms with Crippen molar-refractivity contribution in [3.05, 3.63) is 60.0 Å². The number of halogens is 1. The standard InChI is InChI=1S/C15H10FN3O2/c16-9-4-3-5-10(8-9)17-13-11-6-1-2-7-12(11)18-19-14(13)15(20)21/h1-8H,(H,17,18)(H,20,21). The molecule has 104 valence electrons. The number of rotatable bonds is 3. The van der Waals surface area contributed by atoms with Gasteiger partial charge in [0.1, 0.15) is 5.82 Å². The summed E-state index contributed by atoms with van der Waals surface area (Å²) < 4.78 is 13.3. The van der Waals surface area contributed by atoms with Crippen LogP contribution >= 0.6 is 0 Å². The molecule has 1 aromatic heterocycles. The molecule has 2 N–H and O–H groups in total. The van der Waals surface area contributed by atoms with E-state index in [9.17, 15) is 14.3 Å². The van der Waals surface area contributed by atoms with Gasteiger partial charge in [0, 0.05) is 11.1 Å². The van der Waals surface area contributed by atoms with Gasteiger partial charge in [-0.1, -0.05) is 24.3 Å². The minimum Gasteiger partial charge on any atom is -0.476 e. The van der Waals surface area contributed by atoms with E-state index < -0.39 is 11.8 Å². The van der Waals surface area contributed by atoms with Crippen molar-refractivity contribution in [3.8, 4) is 0 Å². The average Bonchev–Trinajstić information content (AvgIpc) is 2.47. The fourth-order valence-electron chi connectivity index (χ4n) is 2.04. The molecule has 0 aliphatic carbocycles. The molecule has 1 heterocycles. The quantitative estimate of drug-likeness (QED) is 0.772. The first-order valence-electron chi connectivity index (χ1n) is 6.16. The van der Waals surface area contributed by atoms with E-state index in [1.165, 1.54) is 18.2 Å². The van der Waals surface area contributed by atoms with Gasteiger partial charge in [-0.3, -0.25) is 0 Å².